The van der Waals surface area contributed by atoms with Crippen LogP contribution in [0.25, 0.3) is 0 Å². The molecule has 0 unspecified atom stereocenters. The molecular formula is C17H18BrNO2. The lowest BCUT2D eigenvalue weighted by molar-refractivity contribution is 0.102. The highest BCUT2D eigenvalue weighted by Gasteiger charge is 2.08. The minimum Gasteiger partial charge on any atom is -0.494 e. The second-order valence-electron chi connectivity index (χ2n) is 4.71. The van der Waals surface area contributed by atoms with Crippen molar-refractivity contribution >= 4 is 27.5 Å². The molecule has 0 atom stereocenters. The number of anilines is 1. The number of rotatable bonds is 5. The fourth-order valence-electron chi connectivity index (χ4n) is 1.97. The zero-order valence-corrected chi connectivity index (χ0v) is 13.7. The van der Waals surface area contributed by atoms with Crippen LogP contribution in [-0.4, -0.2) is 12.5 Å². The van der Waals surface area contributed by atoms with E-state index in [1.54, 1.807) is 0 Å². The molecule has 2 aromatic rings. The van der Waals surface area contributed by atoms with Crippen molar-refractivity contribution in [3.8, 4) is 5.75 Å². The number of carbonyl (C=O) groups is 1. The first-order valence-electron chi connectivity index (χ1n) is 6.83. The van der Waals surface area contributed by atoms with Crippen molar-refractivity contribution < 1.29 is 9.53 Å². The Bertz CT molecular complexity index is 623. The number of nitrogens with one attached hydrogen (secondary N) is 1. The van der Waals surface area contributed by atoms with Crippen molar-refractivity contribution in [2.24, 2.45) is 0 Å². The van der Waals surface area contributed by atoms with Crippen molar-refractivity contribution in [2.75, 3.05) is 11.9 Å². The normalized spacial score (nSPS) is 10.2. The van der Waals surface area contributed by atoms with E-state index in [2.05, 4.69) is 21.2 Å². The molecule has 4 heteroatoms. The van der Waals surface area contributed by atoms with E-state index in [0.717, 1.165) is 22.6 Å². The largest absolute Gasteiger partial charge is 0.494 e. The van der Waals surface area contributed by atoms with Gasteiger partial charge in [-0.05, 0) is 44.2 Å². The Morgan fingerprint density at radius 3 is 2.52 bits per heavy atom. The highest BCUT2D eigenvalue weighted by molar-refractivity contribution is 9.08. The van der Waals surface area contributed by atoms with E-state index in [1.807, 2.05) is 56.3 Å². The van der Waals surface area contributed by atoms with Crippen LogP contribution in [-0.2, 0) is 5.33 Å². The Hall–Kier alpha value is -1.81. The number of amides is 1. The van der Waals surface area contributed by atoms with Crippen LogP contribution in [0, 0.1) is 6.92 Å². The van der Waals surface area contributed by atoms with Gasteiger partial charge in [0.25, 0.3) is 5.91 Å². The Labute approximate surface area is 133 Å². The second-order valence-corrected chi connectivity index (χ2v) is 5.27. The standard InChI is InChI=1S/C17H18BrNO2/c1-3-21-16-9-8-15(10-14(16)11-18)19-17(20)13-6-4-12(2)5-7-13/h4-10H,3,11H2,1-2H3,(H,19,20). The topological polar surface area (TPSA) is 38.3 Å². The van der Waals surface area contributed by atoms with E-state index in [9.17, 15) is 4.79 Å². The summed E-state index contributed by atoms with van der Waals surface area (Å²) in [6, 6.07) is 13.2. The first-order chi connectivity index (χ1) is 10.1. The summed E-state index contributed by atoms with van der Waals surface area (Å²) >= 11 is 3.44. The molecule has 3 nitrogen and oxygen atoms in total. The minimum absolute atomic E-state index is 0.111. The second kappa shape index (κ2) is 7.27. The van der Waals surface area contributed by atoms with Gasteiger partial charge in [-0.1, -0.05) is 33.6 Å². The van der Waals surface area contributed by atoms with Crippen molar-refractivity contribution in [2.45, 2.75) is 19.2 Å². The van der Waals surface area contributed by atoms with Gasteiger partial charge in [-0.15, -0.1) is 0 Å². The summed E-state index contributed by atoms with van der Waals surface area (Å²) < 4.78 is 5.54. The molecule has 110 valence electrons. The van der Waals surface area contributed by atoms with Crippen molar-refractivity contribution in [1.82, 2.24) is 0 Å². The zero-order valence-electron chi connectivity index (χ0n) is 12.2. The van der Waals surface area contributed by atoms with Gasteiger partial charge in [0.05, 0.1) is 6.61 Å². The molecule has 0 aromatic heterocycles. The number of halogens is 1. The first-order valence-corrected chi connectivity index (χ1v) is 7.96. The molecule has 0 fully saturated rings. The van der Waals surface area contributed by atoms with E-state index in [4.69, 9.17) is 4.74 Å². The highest BCUT2D eigenvalue weighted by atomic mass is 79.9. The summed E-state index contributed by atoms with van der Waals surface area (Å²) in [5.41, 5.74) is 3.56. The molecule has 0 heterocycles. The Morgan fingerprint density at radius 2 is 1.90 bits per heavy atom. The fourth-order valence-corrected chi connectivity index (χ4v) is 2.40. The van der Waals surface area contributed by atoms with E-state index >= 15 is 0 Å². The molecule has 0 saturated heterocycles. The molecule has 0 radical (unpaired) electrons. The predicted molar refractivity (Wildman–Crippen MR) is 89.4 cm³/mol. The number of alkyl halides is 1. The molecule has 0 aliphatic heterocycles. The number of ether oxygens (including phenoxy) is 1. The molecule has 0 aliphatic carbocycles. The van der Waals surface area contributed by atoms with Crippen molar-refractivity contribution in [1.29, 1.82) is 0 Å². The monoisotopic (exact) mass is 347 g/mol. The van der Waals surface area contributed by atoms with E-state index in [1.165, 1.54) is 0 Å². The summed E-state index contributed by atoms with van der Waals surface area (Å²) in [4.78, 5) is 12.2. The van der Waals surface area contributed by atoms with Crippen LogP contribution in [0.1, 0.15) is 28.4 Å². The molecule has 2 rings (SSSR count). The van der Waals surface area contributed by atoms with Crippen LogP contribution in [0.4, 0.5) is 5.69 Å². The maximum absolute atomic E-state index is 12.2. The SMILES string of the molecule is CCOc1ccc(NC(=O)c2ccc(C)cc2)cc1CBr. The van der Waals surface area contributed by atoms with Crippen molar-refractivity contribution in [3.63, 3.8) is 0 Å². The quantitative estimate of drug-likeness (QED) is 0.806. The van der Waals surface area contributed by atoms with Crippen LogP contribution in [0.3, 0.4) is 0 Å². The third-order valence-electron chi connectivity index (χ3n) is 3.08. The van der Waals surface area contributed by atoms with Crippen LogP contribution >= 0.6 is 15.9 Å². The zero-order chi connectivity index (χ0) is 15.2. The van der Waals surface area contributed by atoms with Gasteiger partial charge >= 0.3 is 0 Å². The molecule has 21 heavy (non-hydrogen) atoms. The highest BCUT2D eigenvalue weighted by Crippen LogP contribution is 2.25. The first kappa shape index (κ1) is 15.6. The molecule has 0 bridgehead atoms. The summed E-state index contributed by atoms with van der Waals surface area (Å²) in [7, 11) is 0. The number of hydrogen-bond acceptors (Lipinski definition) is 2. The fraction of sp³-hybridized carbons (Fsp3) is 0.235. The van der Waals surface area contributed by atoms with E-state index in [0.29, 0.717) is 17.5 Å². The summed E-state index contributed by atoms with van der Waals surface area (Å²) in [6.07, 6.45) is 0. The summed E-state index contributed by atoms with van der Waals surface area (Å²) in [6.45, 7) is 4.57. The maximum atomic E-state index is 12.2. The average Bonchev–Trinajstić information content (AvgIpc) is 2.49. The molecule has 0 saturated carbocycles. The molecule has 1 amide bonds. The van der Waals surface area contributed by atoms with Gasteiger partial charge in [-0.25, -0.2) is 0 Å². The average molecular weight is 348 g/mol. The predicted octanol–water partition coefficient (Wildman–Crippen LogP) is 4.54. The van der Waals surface area contributed by atoms with E-state index in [-0.39, 0.29) is 5.91 Å². The van der Waals surface area contributed by atoms with Crippen LogP contribution in [0.15, 0.2) is 42.5 Å². The smallest absolute Gasteiger partial charge is 0.255 e. The van der Waals surface area contributed by atoms with Crippen molar-refractivity contribution in [3.05, 3.63) is 59.2 Å². The Morgan fingerprint density at radius 1 is 1.19 bits per heavy atom. The van der Waals surface area contributed by atoms with E-state index < -0.39 is 0 Å². The van der Waals surface area contributed by atoms with Crippen LogP contribution < -0.4 is 10.1 Å². The van der Waals surface area contributed by atoms with Gasteiger partial charge in [0.2, 0.25) is 0 Å². The lowest BCUT2D eigenvalue weighted by atomic mass is 10.1. The molecule has 0 spiro atoms. The van der Waals surface area contributed by atoms with Crippen LogP contribution in [0.5, 0.6) is 5.75 Å². The minimum atomic E-state index is -0.111. The third kappa shape index (κ3) is 4.08. The number of aryl methyl sites for hydroxylation is 1. The Balaban J connectivity index is 2.15. The molecule has 1 N–H and O–H groups in total. The molecular weight excluding hydrogens is 330 g/mol. The van der Waals surface area contributed by atoms with Gasteiger partial charge in [0, 0.05) is 22.1 Å². The van der Waals surface area contributed by atoms with Gasteiger partial charge in [-0.3, -0.25) is 4.79 Å². The van der Waals surface area contributed by atoms with Gasteiger partial charge in [0.15, 0.2) is 0 Å². The van der Waals surface area contributed by atoms with Gasteiger partial charge < -0.3 is 10.1 Å². The lowest BCUT2D eigenvalue weighted by Crippen LogP contribution is -2.12. The number of hydrogen-bond donors (Lipinski definition) is 1. The number of carbonyl (C=O) groups excluding carboxylic acids is 1. The maximum Gasteiger partial charge on any atom is 0.255 e. The molecule has 0 aliphatic rings. The van der Waals surface area contributed by atoms with Crippen LogP contribution in [0.2, 0.25) is 0 Å². The lowest BCUT2D eigenvalue weighted by Gasteiger charge is -2.11. The molecule has 2 aromatic carbocycles. The van der Waals surface area contributed by atoms with Gasteiger partial charge in [0.1, 0.15) is 5.75 Å². The third-order valence-corrected chi connectivity index (χ3v) is 3.68. The summed E-state index contributed by atoms with van der Waals surface area (Å²) in [5.74, 6) is 0.724. The Kier molecular flexibility index (Phi) is 5.39. The number of benzene rings is 2. The van der Waals surface area contributed by atoms with Gasteiger partial charge in [-0.2, -0.15) is 0 Å². The summed E-state index contributed by atoms with van der Waals surface area (Å²) in [5, 5.41) is 3.58.